The zero-order valence-corrected chi connectivity index (χ0v) is 22.0. The molecule has 2 aromatic carbocycles. The number of aromatic nitrogens is 1. The Morgan fingerprint density at radius 2 is 1.81 bits per heavy atom. The monoisotopic (exact) mass is 550 g/mol. The summed E-state index contributed by atoms with van der Waals surface area (Å²) in [6.45, 7) is 4.31. The van der Waals surface area contributed by atoms with E-state index in [9.17, 15) is 18.8 Å². The number of carbonyl (C=O) groups excluding carboxylic acids is 3. The lowest BCUT2D eigenvalue weighted by atomic mass is 10.1. The van der Waals surface area contributed by atoms with Crippen molar-refractivity contribution in [2.24, 2.45) is 5.92 Å². The third-order valence-electron chi connectivity index (χ3n) is 4.91. The molecule has 3 rings (SSSR count). The maximum Gasteiger partial charge on any atom is 0.255 e. The van der Waals surface area contributed by atoms with E-state index in [2.05, 4.69) is 15.6 Å². The number of amides is 3. The molecule has 3 amide bonds. The van der Waals surface area contributed by atoms with Crippen molar-refractivity contribution in [2.45, 2.75) is 26.8 Å². The number of rotatable bonds is 10. The first kappa shape index (κ1) is 27.6. The molecule has 0 fully saturated rings. The van der Waals surface area contributed by atoms with E-state index >= 15 is 0 Å². The van der Waals surface area contributed by atoms with Gasteiger partial charge in [-0.15, -0.1) is 11.3 Å². The second kappa shape index (κ2) is 12.8. The zero-order valence-electron chi connectivity index (χ0n) is 19.7. The van der Waals surface area contributed by atoms with E-state index in [1.54, 1.807) is 23.6 Å². The van der Waals surface area contributed by atoms with Crippen molar-refractivity contribution in [1.82, 2.24) is 15.2 Å². The summed E-state index contributed by atoms with van der Waals surface area (Å²) in [5.74, 6) is -1.27. The molecule has 0 saturated carbocycles. The average Bonchev–Trinajstić information content (AvgIpc) is 3.24. The number of thiazole rings is 1. The van der Waals surface area contributed by atoms with Gasteiger partial charge in [0, 0.05) is 23.5 Å². The van der Waals surface area contributed by atoms with E-state index in [0.717, 1.165) is 5.56 Å². The average molecular weight is 551 g/mol. The lowest BCUT2D eigenvalue weighted by molar-refractivity contribution is -0.120. The molecule has 7 nitrogen and oxygen atoms in total. The second-order valence-electron chi connectivity index (χ2n) is 8.48. The van der Waals surface area contributed by atoms with Gasteiger partial charge in [-0.1, -0.05) is 49.2 Å². The van der Waals surface area contributed by atoms with E-state index in [1.165, 1.54) is 40.5 Å². The Hall–Kier alpha value is -3.01. The van der Waals surface area contributed by atoms with Crippen LogP contribution in [0, 0.1) is 11.7 Å². The molecule has 3 aromatic rings. The van der Waals surface area contributed by atoms with Crippen molar-refractivity contribution in [2.75, 3.05) is 18.4 Å². The topological polar surface area (TPSA) is 91.4 Å². The van der Waals surface area contributed by atoms with Crippen LogP contribution in [-0.4, -0.2) is 40.7 Å². The van der Waals surface area contributed by atoms with Crippen LogP contribution in [0.5, 0.6) is 0 Å². The van der Waals surface area contributed by atoms with Gasteiger partial charge in [-0.05, 0) is 41.8 Å². The second-order valence-corrected chi connectivity index (χ2v) is 10.2. The lowest BCUT2D eigenvalue weighted by Gasteiger charge is -2.24. The first-order chi connectivity index (χ1) is 17.1. The fourth-order valence-corrected chi connectivity index (χ4v) is 4.52. The van der Waals surface area contributed by atoms with Crippen LogP contribution in [0.4, 0.5) is 9.52 Å². The molecule has 0 spiro atoms. The third-order valence-corrected chi connectivity index (χ3v) is 6.27. The van der Waals surface area contributed by atoms with E-state index in [-0.39, 0.29) is 53.6 Å². The highest BCUT2D eigenvalue weighted by Crippen LogP contribution is 2.23. The maximum atomic E-state index is 13.0. The Balaban J connectivity index is 1.56. The van der Waals surface area contributed by atoms with Crippen molar-refractivity contribution >= 4 is 57.4 Å². The Morgan fingerprint density at radius 3 is 2.47 bits per heavy atom. The van der Waals surface area contributed by atoms with Gasteiger partial charge in [0.15, 0.2) is 5.13 Å². The standard InChI is InChI=1S/C25H25Cl2FN4O3S/c1-15(2)12-32(24(35)20-8-5-17(26)9-21(20)27)13-23(34)31-25-30-19(14-36-25)10-22(33)29-11-16-3-6-18(28)7-4-16/h3-9,14-15H,10-13H2,1-2H3,(H,29,33)(H,30,31,34). The van der Waals surface area contributed by atoms with Crippen LogP contribution < -0.4 is 10.6 Å². The fraction of sp³-hybridized carbons (Fsp3) is 0.280. The summed E-state index contributed by atoms with van der Waals surface area (Å²) in [7, 11) is 0. The van der Waals surface area contributed by atoms with Crippen molar-refractivity contribution in [3.05, 3.63) is 80.5 Å². The zero-order chi connectivity index (χ0) is 26.2. The molecule has 0 aliphatic rings. The smallest absolute Gasteiger partial charge is 0.255 e. The highest BCUT2D eigenvalue weighted by molar-refractivity contribution is 7.13. The van der Waals surface area contributed by atoms with Crippen molar-refractivity contribution in [1.29, 1.82) is 0 Å². The first-order valence-corrected chi connectivity index (χ1v) is 12.7. The van der Waals surface area contributed by atoms with Crippen molar-refractivity contribution < 1.29 is 18.8 Å². The Labute approximate surface area is 222 Å². The number of hydrogen-bond donors (Lipinski definition) is 2. The van der Waals surface area contributed by atoms with Crippen LogP contribution in [0.3, 0.4) is 0 Å². The van der Waals surface area contributed by atoms with Crippen LogP contribution in [-0.2, 0) is 22.6 Å². The fourth-order valence-electron chi connectivity index (χ4n) is 3.30. The molecular weight excluding hydrogens is 526 g/mol. The van der Waals surface area contributed by atoms with E-state index in [0.29, 0.717) is 22.4 Å². The van der Waals surface area contributed by atoms with Gasteiger partial charge in [0.25, 0.3) is 5.91 Å². The maximum absolute atomic E-state index is 13.0. The van der Waals surface area contributed by atoms with Gasteiger partial charge in [0.1, 0.15) is 12.4 Å². The molecule has 11 heteroatoms. The predicted octanol–water partition coefficient (Wildman–Crippen LogP) is 5.18. The van der Waals surface area contributed by atoms with Crippen molar-refractivity contribution in [3.63, 3.8) is 0 Å². The van der Waals surface area contributed by atoms with Crippen LogP contribution in [0.15, 0.2) is 47.8 Å². The predicted molar refractivity (Wildman–Crippen MR) is 140 cm³/mol. The third kappa shape index (κ3) is 8.29. The molecule has 0 aliphatic carbocycles. The summed E-state index contributed by atoms with van der Waals surface area (Å²) in [5.41, 5.74) is 1.53. The number of anilines is 1. The number of nitrogens with one attached hydrogen (secondary N) is 2. The summed E-state index contributed by atoms with van der Waals surface area (Å²) in [4.78, 5) is 43.7. The number of nitrogens with zero attached hydrogens (tertiary/aromatic N) is 2. The molecule has 190 valence electrons. The molecule has 36 heavy (non-hydrogen) atoms. The van der Waals surface area contributed by atoms with Crippen LogP contribution >= 0.6 is 34.5 Å². The lowest BCUT2D eigenvalue weighted by Crippen LogP contribution is -2.40. The number of carbonyl (C=O) groups is 3. The molecule has 0 saturated heterocycles. The Morgan fingerprint density at radius 1 is 1.08 bits per heavy atom. The molecule has 1 heterocycles. The molecule has 1 aromatic heterocycles. The van der Waals surface area contributed by atoms with Gasteiger partial charge in [0.2, 0.25) is 11.8 Å². The SMILES string of the molecule is CC(C)CN(CC(=O)Nc1nc(CC(=O)NCc2ccc(F)cc2)cs1)C(=O)c1ccc(Cl)cc1Cl. The molecule has 0 radical (unpaired) electrons. The van der Waals surface area contributed by atoms with Crippen LogP contribution in [0.25, 0.3) is 0 Å². The largest absolute Gasteiger partial charge is 0.352 e. The first-order valence-electron chi connectivity index (χ1n) is 11.1. The van der Waals surface area contributed by atoms with E-state index in [4.69, 9.17) is 23.2 Å². The van der Waals surface area contributed by atoms with Gasteiger partial charge < -0.3 is 15.5 Å². The number of benzene rings is 2. The summed E-state index contributed by atoms with van der Waals surface area (Å²) in [5, 5.41) is 8.06. The molecule has 0 unspecified atom stereocenters. The van der Waals surface area contributed by atoms with Gasteiger partial charge in [-0.25, -0.2) is 9.37 Å². The van der Waals surface area contributed by atoms with Crippen molar-refractivity contribution in [3.8, 4) is 0 Å². The summed E-state index contributed by atoms with van der Waals surface area (Å²) in [6, 6.07) is 10.4. The molecule has 0 bridgehead atoms. The van der Waals surface area contributed by atoms with Crippen LogP contribution in [0.1, 0.15) is 35.5 Å². The summed E-state index contributed by atoms with van der Waals surface area (Å²) in [6.07, 6.45) is 0.0284. The molecule has 0 aliphatic heterocycles. The van der Waals surface area contributed by atoms with Gasteiger partial charge in [-0.2, -0.15) is 0 Å². The Kier molecular flexibility index (Phi) is 9.81. The summed E-state index contributed by atoms with van der Waals surface area (Å²) < 4.78 is 13.0. The highest BCUT2D eigenvalue weighted by atomic mass is 35.5. The summed E-state index contributed by atoms with van der Waals surface area (Å²) >= 11 is 13.3. The minimum atomic E-state index is -0.421. The van der Waals surface area contributed by atoms with Gasteiger partial charge in [0.05, 0.1) is 22.7 Å². The van der Waals surface area contributed by atoms with E-state index in [1.807, 2.05) is 13.8 Å². The normalized spacial score (nSPS) is 10.8. The molecule has 2 N–H and O–H groups in total. The number of hydrogen-bond acceptors (Lipinski definition) is 5. The minimum absolute atomic E-state index is 0.0284. The van der Waals surface area contributed by atoms with Gasteiger partial charge in [-0.3, -0.25) is 14.4 Å². The van der Waals surface area contributed by atoms with E-state index < -0.39 is 5.91 Å². The van der Waals surface area contributed by atoms with Gasteiger partial charge >= 0.3 is 0 Å². The molecular formula is C25H25Cl2FN4O3S. The minimum Gasteiger partial charge on any atom is -0.352 e. The molecule has 0 atom stereocenters. The highest BCUT2D eigenvalue weighted by Gasteiger charge is 2.22. The Bertz CT molecular complexity index is 1230. The number of halogens is 3. The quantitative estimate of drug-likeness (QED) is 0.363. The van der Waals surface area contributed by atoms with Crippen LogP contribution in [0.2, 0.25) is 10.0 Å².